The molecule has 0 aliphatic rings. The predicted molar refractivity (Wildman–Crippen MR) is 465 cm³/mol. The first-order valence-corrected chi connectivity index (χ1v) is 39.7. The zero-order chi connectivity index (χ0) is 70.1. The van der Waals surface area contributed by atoms with E-state index in [1.165, 1.54) is 173 Å². The lowest BCUT2D eigenvalue weighted by molar-refractivity contribution is 0.669. The maximum Gasteiger partial charge on any atom is 0.136 e. The second kappa shape index (κ2) is 22.3. The van der Waals surface area contributed by atoms with Crippen LogP contribution < -0.4 is 0 Å². The van der Waals surface area contributed by atoms with E-state index >= 15 is 0 Å². The first-order chi connectivity index (χ1) is 53.5. The molecule has 4 nitrogen and oxygen atoms in total. The number of furan rings is 4. The van der Waals surface area contributed by atoms with Gasteiger partial charge in [-0.05, 0) is 209 Å². The lowest BCUT2D eigenvalue weighted by Gasteiger charge is -2.17. The Labute approximate surface area is 629 Å². The Bertz CT molecular complexity index is 8100. The predicted octanol–water partition coefficient (Wildman–Crippen LogP) is 31.7. The lowest BCUT2D eigenvalue weighted by Crippen LogP contribution is -1.90. The van der Waals surface area contributed by atoms with Crippen LogP contribution in [0.15, 0.2) is 333 Å². The van der Waals surface area contributed by atoms with E-state index in [1.807, 2.05) is 45.3 Å². The Morgan fingerprint density at radius 3 is 0.648 bits per heavy atom. The highest BCUT2D eigenvalue weighted by Gasteiger charge is 2.26. The molecule has 0 aliphatic carbocycles. The van der Waals surface area contributed by atoms with Gasteiger partial charge in [-0.15, -0.1) is 45.3 Å². The minimum Gasteiger partial charge on any atom is -0.456 e. The van der Waals surface area contributed by atoms with Gasteiger partial charge < -0.3 is 17.7 Å². The summed E-state index contributed by atoms with van der Waals surface area (Å²) in [7, 11) is 0. The molecule has 500 valence electrons. The van der Waals surface area contributed by atoms with Crippen LogP contribution in [-0.4, -0.2) is 0 Å². The van der Waals surface area contributed by atoms with Crippen molar-refractivity contribution in [1.29, 1.82) is 0 Å². The molecule has 0 radical (unpaired) electrons. The molecule has 0 aliphatic heterocycles. The number of rotatable bonds is 4. The van der Waals surface area contributed by atoms with Crippen molar-refractivity contribution in [3.05, 3.63) is 315 Å². The van der Waals surface area contributed by atoms with E-state index < -0.39 is 0 Å². The van der Waals surface area contributed by atoms with Crippen LogP contribution in [0.2, 0.25) is 0 Å². The van der Waals surface area contributed by atoms with Gasteiger partial charge in [-0.1, -0.05) is 194 Å². The average Bonchev–Trinajstić information content (AvgIpc) is 1.22. The molecular weight excluding hydrogens is 1390 g/mol. The Hall–Kier alpha value is -12.9. The molecule has 0 fully saturated rings. The fourth-order valence-electron chi connectivity index (χ4n) is 18.5. The monoisotopic (exact) mass is 1440 g/mol. The maximum atomic E-state index is 6.67. The van der Waals surface area contributed by atoms with Crippen LogP contribution in [0.5, 0.6) is 0 Å². The zero-order valence-corrected chi connectivity index (χ0v) is 60.6. The average molecular weight is 1450 g/mol. The first-order valence-electron chi connectivity index (χ1n) is 36.5. The molecule has 8 aromatic heterocycles. The molecule has 18 aromatic carbocycles. The summed E-state index contributed by atoms with van der Waals surface area (Å²) in [4.78, 5) is 0. The molecule has 0 spiro atoms. The standard InChI is InChI=1S/2C50H26O2S2/c1-3-11-31-29(9-1)45(27-18-20-37-36(25-27)48-39(51-37)22-24-44-50(48)35-14-6-8-16-42(35)54-44)30-10-2-4-12-32(30)46(31)28-17-19-33-40(26-28)52-38-21-23-43-49(47(33)38)34-13-5-7-15-41(34)53-43;1-2-10-30-29(9-1)45(27-17-19-33-39(25-27)51-37-21-23-43-49(47(33)37)35-13-5-7-15-41(35)53-43)31-11-3-4-12-32(31)46(30)28-18-20-34-40(26-28)52-38-22-24-44-50(48(34)38)36-14-6-8-16-42(36)54-44/h2*1-26H. The van der Waals surface area contributed by atoms with Crippen LogP contribution in [-0.2, 0) is 0 Å². The fraction of sp³-hybridized carbons (Fsp3) is 0. The topological polar surface area (TPSA) is 52.6 Å². The molecule has 108 heavy (non-hydrogen) atoms. The SMILES string of the molecule is c1ccc2c(c1)sc1ccc3oc4cc(-c5c6ccccc6c(-c6ccc7c(c6)oc6ccc8sc9ccccc9c8c67)c6ccccc56)ccc4c3c12.c1ccc2c(c1)sc1ccc3oc4cc(-c5c6ccccc6c(-c6ccc7oc8ccc9sc%10ccccc%10c9c8c7c6)c6ccccc56)ccc4c3c12. The number of hydrogen-bond acceptors (Lipinski definition) is 8. The van der Waals surface area contributed by atoms with Gasteiger partial charge in [0, 0.05) is 124 Å². The van der Waals surface area contributed by atoms with Crippen LogP contribution >= 0.6 is 45.3 Å². The van der Waals surface area contributed by atoms with E-state index in [4.69, 9.17) is 17.7 Å². The van der Waals surface area contributed by atoms with Gasteiger partial charge >= 0.3 is 0 Å². The quantitative estimate of drug-likeness (QED) is 0.165. The van der Waals surface area contributed by atoms with E-state index in [-0.39, 0.29) is 0 Å². The minimum atomic E-state index is 0.908. The lowest BCUT2D eigenvalue weighted by atomic mass is 9.85. The molecule has 0 saturated carbocycles. The molecule has 8 heteroatoms. The van der Waals surface area contributed by atoms with Crippen molar-refractivity contribution >= 4 is 257 Å². The molecule has 0 N–H and O–H groups in total. The van der Waals surface area contributed by atoms with Crippen molar-refractivity contribution in [3.63, 3.8) is 0 Å². The van der Waals surface area contributed by atoms with Gasteiger partial charge in [0.15, 0.2) is 0 Å². The van der Waals surface area contributed by atoms with E-state index in [9.17, 15) is 0 Å². The smallest absolute Gasteiger partial charge is 0.136 e. The highest BCUT2D eigenvalue weighted by Crippen LogP contribution is 2.53. The van der Waals surface area contributed by atoms with Gasteiger partial charge in [-0.3, -0.25) is 0 Å². The third-order valence-corrected chi connectivity index (χ3v) is 27.5. The van der Waals surface area contributed by atoms with Gasteiger partial charge in [0.1, 0.15) is 44.7 Å². The Balaban J connectivity index is 0.000000124. The summed E-state index contributed by atoms with van der Waals surface area (Å²) in [5.74, 6) is 0. The summed E-state index contributed by atoms with van der Waals surface area (Å²) in [5, 5.41) is 29.4. The number of thiophene rings is 4. The third kappa shape index (κ3) is 8.37. The summed E-state index contributed by atoms with van der Waals surface area (Å²) < 4.78 is 36.9. The summed E-state index contributed by atoms with van der Waals surface area (Å²) in [5.41, 5.74) is 16.9. The Morgan fingerprint density at radius 1 is 0.139 bits per heavy atom. The van der Waals surface area contributed by atoms with Gasteiger partial charge in [0.05, 0.1) is 0 Å². The van der Waals surface area contributed by atoms with Crippen molar-refractivity contribution in [2.45, 2.75) is 0 Å². The van der Waals surface area contributed by atoms with E-state index in [0.717, 1.165) is 82.9 Å². The van der Waals surface area contributed by atoms with E-state index in [2.05, 4.69) is 315 Å². The second-order valence-corrected chi connectivity index (χ2v) is 32.9. The van der Waals surface area contributed by atoms with Crippen molar-refractivity contribution in [1.82, 2.24) is 0 Å². The summed E-state index contributed by atoms with van der Waals surface area (Å²) in [6, 6.07) is 115. The highest BCUT2D eigenvalue weighted by atomic mass is 32.1. The fourth-order valence-corrected chi connectivity index (χ4v) is 22.9. The highest BCUT2D eigenvalue weighted by molar-refractivity contribution is 7.27. The van der Waals surface area contributed by atoms with E-state index in [1.54, 1.807) is 0 Å². The van der Waals surface area contributed by atoms with Crippen LogP contribution in [0.1, 0.15) is 0 Å². The molecular formula is C100H52O4S4. The second-order valence-electron chi connectivity index (χ2n) is 28.6. The van der Waals surface area contributed by atoms with Gasteiger partial charge in [0.2, 0.25) is 0 Å². The van der Waals surface area contributed by atoms with Crippen molar-refractivity contribution in [2.75, 3.05) is 0 Å². The van der Waals surface area contributed by atoms with Crippen LogP contribution in [0.25, 0.3) is 256 Å². The normalized spacial score (nSPS) is 12.4. The first kappa shape index (κ1) is 59.3. The zero-order valence-electron chi connectivity index (χ0n) is 57.3. The van der Waals surface area contributed by atoms with Gasteiger partial charge in [-0.25, -0.2) is 0 Å². The number of hydrogen-bond donors (Lipinski definition) is 0. The number of benzene rings is 18. The van der Waals surface area contributed by atoms with Crippen molar-refractivity contribution < 1.29 is 17.7 Å². The molecule has 26 rings (SSSR count). The van der Waals surface area contributed by atoms with E-state index in [0.29, 0.717) is 0 Å². The molecule has 0 unspecified atom stereocenters. The van der Waals surface area contributed by atoms with Crippen molar-refractivity contribution in [3.8, 4) is 44.5 Å². The molecule has 0 atom stereocenters. The molecule has 0 saturated heterocycles. The summed E-state index contributed by atoms with van der Waals surface area (Å²) in [6.45, 7) is 0. The summed E-state index contributed by atoms with van der Waals surface area (Å²) in [6.07, 6.45) is 0. The summed E-state index contributed by atoms with van der Waals surface area (Å²) >= 11 is 7.39. The molecule has 0 amide bonds. The van der Waals surface area contributed by atoms with Gasteiger partial charge in [-0.2, -0.15) is 0 Å². The molecule has 8 heterocycles. The van der Waals surface area contributed by atoms with Crippen LogP contribution in [0.3, 0.4) is 0 Å². The van der Waals surface area contributed by atoms with Gasteiger partial charge in [0.25, 0.3) is 0 Å². The molecule has 26 aromatic rings. The van der Waals surface area contributed by atoms with Crippen LogP contribution in [0, 0.1) is 0 Å². The van der Waals surface area contributed by atoms with Crippen molar-refractivity contribution in [2.24, 2.45) is 0 Å². The largest absolute Gasteiger partial charge is 0.456 e. The maximum absolute atomic E-state index is 6.67. The Morgan fingerprint density at radius 2 is 0.361 bits per heavy atom. The number of fused-ring (bicyclic) bond motifs is 32. The molecule has 0 bridgehead atoms. The van der Waals surface area contributed by atoms with Crippen LogP contribution in [0.4, 0.5) is 0 Å². The minimum absolute atomic E-state index is 0.908. The Kier molecular flexibility index (Phi) is 12.3. The third-order valence-electron chi connectivity index (χ3n) is 22.9.